The van der Waals surface area contributed by atoms with Gasteiger partial charge in [0.2, 0.25) is 0 Å². The molecule has 0 bridgehead atoms. The van der Waals surface area contributed by atoms with Gasteiger partial charge in [0.1, 0.15) is 0 Å². The summed E-state index contributed by atoms with van der Waals surface area (Å²) in [4.78, 5) is 27.2. The first kappa shape index (κ1) is 14.3. The van der Waals surface area contributed by atoms with Gasteiger partial charge in [0.25, 0.3) is 5.56 Å². The van der Waals surface area contributed by atoms with E-state index in [0.29, 0.717) is 0 Å². The topological polar surface area (TPSA) is 49.9 Å². The van der Waals surface area contributed by atoms with Gasteiger partial charge in [-0.2, -0.15) is 0 Å². The largest absolute Gasteiger partial charge is 0.321 e. The lowest BCUT2D eigenvalue weighted by Gasteiger charge is -2.12. The third-order valence-corrected chi connectivity index (χ3v) is 3.86. The number of ketones is 1. The van der Waals surface area contributed by atoms with Gasteiger partial charge in [-0.25, -0.2) is 0 Å². The summed E-state index contributed by atoms with van der Waals surface area (Å²) in [6, 6.07) is 13.7. The van der Waals surface area contributed by atoms with Crippen LogP contribution < -0.4 is 5.56 Å². The molecule has 0 saturated carbocycles. The summed E-state index contributed by atoms with van der Waals surface area (Å²) in [6.07, 6.45) is 0. The Labute approximate surface area is 128 Å². The lowest BCUT2D eigenvalue weighted by atomic mass is 9.93. The molecule has 0 spiro atoms. The molecule has 0 radical (unpaired) electrons. The average Bonchev–Trinajstić information content (AvgIpc) is 2.47. The second-order valence-electron chi connectivity index (χ2n) is 5.68. The molecule has 1 aromatic heterocycles. The zero-order valence-electron chi connectivity index (χ0n) is 12.9. The second-order valence-corrected chi connectivity index (χ2v) is 5.68. The van der Waals surface area contributed by atoms with Crippen molar-refractivity contribution >= 4 is 16.7 Å². The molecule has 1 N–H and O–H groups in total. The van der Waals surface area contributed by atoms with Crippen LogP contribution in [0.25, 0.3) is 22.0 Å². The number of hydrogen-bond donors (Lipinski definition) is 1. The highest BCUT2D eigenvalue weighted by Crippen LogP contribution is 2.30. The zero-order valence-corrected chi connectivity index (χ0v) is 12.9. The molecular weight excluding hydrogens is 274 g/mol. The Morgan fingerprint density at radius 1 is 0.955 bits per heavy atom. The summed E-state index contributed by atoms with van der Waals surface area (Å²) >= 11 is 0. The van der Waals surface area contributed by atoms with Crippen LogP contribution in [0.3, 0.4) is 0 Å². The first-order valence-corrected chi connectivity index (χ1v) is 7.22. The molecule has 0 saturated heterocycles. The van der Waals surface area contributed by atoms with Crippen molar-refractivity contribution in [3.8, 4) is 11.1 Å². The molecular formula is C19H17NO2. The van der Waals surface area contributed by atoms with Gasteiger partial charge in [0.05, 0.1) is 5.56 Å². The standard InChI is InChI=1S/C19H17NO2/c1-11-4-7-14(8-5-11)18-15-10-12(2)6-9-16(15)20-19(22)17(18)13(3)21/h4-10H,1-3H3,(H,20,22). The maximum atomic E-state index is 12.3. The van der Waals surface area contributed by atoms with Crippen LogP contribution in [0.15, 0.2) is 47.3 Å². The number of carbonyl (C=O) groups excluding carboxylic acids is 1. The second kappa shape index (κ2) is 5.26. The minimum absolute atomic E-state index is 0.222. The Hall–Kier alpha value is -2.68. The number of aryl methyl sites for hydroxylation is 2. The molecule has 3 aromatic rings. The predicted octanol–water partition coefficient (Wildman–Crippen LogP) is 4.01. The fourth-order valence-electron chi connectivity index (χ4n) is 2.76. The summed E-state index contributed by atoms with van der Waals surface area (Å²) in [7, 11) is 0. The number of fused-ring (bicyclic) bond motifs is 1. The van der Waals surface area contributed by atoms with Crippen LogP contribution in [0.1, 0.15) is 28.4 Å². The molecule has 2 aromatic carbocycles. The molecule has 22 heavy (non-hydrogen) atoms. The van der Waals surface area contributed by atoms with Gasteiger partial charge >= 0.3 is 0 Å². The number of rotatable bonds is 2. The summed E-state index contributed by atoms with van der Waals surface area (Å²) in [6.45, 7) is 5.44. The fourth-order valence-corrected chi connectivity index (χ4v) is 2.76. The van der Waals surface area contributed by atoms with Crippen LogP contribution >= 0.6 is 0 Å². The molecule has 0 fully saturated rings. The molecule has 0 amide bonds. The van der Waals surface area contributed by atoms with Crippen molar-refractivity contribution in [3.63, 3.8) is 0 Å². The van der Waals surface area contributed by atoms with Crippen LogP contribution in [-0.4, -0.2) is 10.8 Å². The summed E-state index contributed by atoms with van der Waals surface area (Å²) in [5.41, 5.74) is 4.46. The minimum Gasteiger partial charge on any atom is -0.321 e. The van der Waals surface area contributed by atoms with Gasteiger partial charge in [0, 0.05) is 16.5 Å². The quantitative estimate of drug-likeness (QED) is 0.725. The van der Waals surface area contributed by atoms with Crippen LogP contribution in [0.2, 0.25) is 0 Å². The van der Waals surface area contributed by atoms with Crippen molar-refractivity contribution in [2.45, 2.75) is 20.8 Å². The van der Waals surface area contributed by atoms with Crippen LogP contribution in [0.4, 0.5) is 0 Å². The molecule has 0 aliphatic carbocycles. The Bertz CT molecular complexity index is 934. The average molecular weight is 291 g/mol. The van der Waals surface area contributed by atoms with Crippen molar-refractivity contribution in [3.05, 3.63) is 69.5 Å². The Kier molecular flexibility index (Phi) is 3.41. The van der Waals surface area contributed by atoms with Crippen molar-refractivity contribution in [2.24, 2.45) is 0 Å². The fraction of sp³-hybridized carbons (Fsp3) is 0.158. The molecule has 1 heterocycles. The van der Waals surface area contributed by atoms with Crippen LogP contribution in [-0.2, 0) is 0 Å². The van der Waals surface area contributed by atoms with E-state index >= 15 is 0 Å². The monoisotopic (exact) mass is 291 g/mol. The van der Waals surface area contributed by atoms with Gasteiger partial charge in [-0.1, -0.05) is 41.5 Å². The smallest absolute Gasteiger partial charge is 0.259 e. The van der Waals surface area contributed by atoms with Gasteiger partial charge in [0.15, 0.2) is 5.78 Å². The van der Waals surface area contributed by atoms with E-state index in [-0.39, 0.29) is 16.9 Å². The number of hydrogen-bond acceptors (Lipinski definition) is 2. The third kappa shape index (κ3) is 2.35. The van der Waals surface area contributed by atoms with E-state index in [1.54, 1.807) is 0 Å². The van der Waals surface area contributed by atoms with E-state index in [4.69, 9.17) is 0 Å². The molecule has 3 nitrogen and oxygen atoms in total. The number of nitrogens with one attached hydrogen (secondary N) is 1. The van der Waals surface area contributed by atoms with Crippen molar-refractivity contribution < 1.29 is 4.79 Å². The molecule has 0 aliphatic rings. The molecule has 3 rings (SSSR count). The lowest BCUT2D eigenvalue weighted by molar-refractivity contribution is 0.101. The lowest BCUT2D eigenvalue weighted by Crippen LogP contribution is -2.18. The van der Waals surface area contributed by atoms with E-state index in [9.17, 15) is 9.59 Å². The van der Waals surface area contributed by atoms with Crippen LogP contribution in [0.5, 0.6) is 0 Å². The van der Waals surface area contributed by atoms with Crippen molar-refractivity contribution in [1.82, 2.24) is 4.98 Å². The third-order valence-electron chi connectivity index (χ3n) is 3.86. The van der Waals surface area contributed by atoms with Gasteiger partial charge < -0.3 is 4.98 Å². The molecule has 110 valence electrons. The Balaban J connectivity index is 2.49. The summed E-state index contributed by atoms with van der Waals surface area (Å²) in [5, 5.41) is 0.897. The number of pyridine rings is 1. The number of aromatic amines is 1. The first-order chi connectivity index (χ1) is 10.5. The maximum Gasteiger partial charge on any atom is 0.259 e. The highest BCUT2D eigenvalue weighted by molar-refractivity contribution is 6.08. The number of carbonyl (C=O) groups is 1. The highest BCUT2D eigenvalue weighted by atomic mass is 16.1. The van der Waals surface area contributed by atoms with Crippen LogP contribution in [0, 0.1) is 13.8 Å². The zero-order chi connectivity index (χ0) is 15.9. The van der Waals surface area contributed by atoms with Gasteiger partial charge in [-0.15, -0.1) is 0 Å². The molecule has 0 atom stereocenters. The Morgan fingerprint density at radius 2 is 1.59 bits per heavy atom. The van der Waals surface area contributed by atoms with E-state index in [2.05, 4.69) is 4.98 Å². The number of Topliss-reactive ketones (excluding diaryl/α,β-unsaturated/α-hetero) is 1. The number of aromatic nitrogens is 1. The number of benzene rings is 2. The highest BCUT2D eigenvalue weighted by Gasteiger charge is 2.17. The maximum absolute atomic E-state index is 12.3. The first-order valence-electron chi connectivity index (χ1n) is 7.22. The Morgan fingerprint density at radius 3 is 2.23 bits per heavy atom. The molecule has 0 unspecified atom stereocenters. The van der Waals surface area contributed by atoms with Gasteiger partial charge in [-0.05, 0) is 38.5 Å². The molecule has 3 heteroatoms. The van der Waals surface area contributed by atoms with Gasteiger partial charge in [-0.3, -0.25) is 9.59 Å². The SMILES string of the molecule is CC(=O)c1c(-c2ccc(C)cc2)c2cc(C)ccc2[nH]c1=O. The summed E-state index contributed by atoms with van der Waals surface area (Å²) in [5.74, 6) is -0.222. The molecule has 0 aliphatic heterocycles. The van der Waals surface area contributed by atoms with E-state index < -0.39 is 0 Å². The summed E-state index contributed by atoms with van der Waals surface area (Å²) < 4.78 is 0. The van der Waals surface area contributed by atoms with E-state index in [0.717, 1.165) is 33.2 Å². The number of H-pyrrole nitrogens is 1. The van der Waals surface area contributed by atoms with E-state index in [1.807, 2.05) is 56.3 Å². The van der Waals surface area contributed by atoms with Crippen molar-refractivity contribution in [2.75, 3.05) is 0 Å². The van der Waals surface area contributed by atoms with Crippen molar-refractivity contribution in [1.29, 1.82) is 0 Å². The predicted molar refractivity (Wildman–Crippen MR) is 89.5 cm³/mol. The minimum atomic E-state index is -0.334. The normalized spacial score (nSPS) is 10.9. The van der Waals surface area contributed by atoms with E-state index in [1.165, 1.54) is 6.92 Å².